The van der Waals surface area contributed by atoms with Crippen molar-refractivity contribution in [2.24, 2.45) is 5.92 Å². The van der Waals surface area contributed by atoms with Crippen molar-refractivity contribution in [3.63, 3.8) is 0 Å². The molecule has 2 N–H and O–H groups in total. The Morgan fingerprint density at radius 1 is 1.07 bits per heavy atom. The molecule has 1 aliphatic heterocycles. The number of anilines is 1. The summed E-state index contributed by atoms with van der Waals surface area (Å²) in [6.45, 7) is 4.52. The van der Waals surface area contributed by atoms with Crippen LogP contribution in [0, 0.1) is 12.8 Å². The Morgan fingerprint density at radius 2 is 1.79 bits per heavy atom. The predicted molar refractivity (Wildman–Crippen MR) is 120 cm³/mol. The molecule has 0 aromatic heterocycles. The van der Waals surface area contributed by atoms with Gasteiger partial charge in [0.05, 0.1) is 11.3 Å². The standard InChI is InChI=1S/C23H29N3O2.ClH/c1-17-6-5-7-19(16-17)22(27)25-21-9-4-3-8-20(21)23(28)26-14-11-18(12-15-26)10-13-24-2;/h3-9,16,18,24H,10-15H2,1-2H3,(H,25,27);1H. The molecule has 2 amide bonds. The molecule has 1 saturated heterocycles. The average molecular weight is 416 g/mol. The van der Waals surface area contributed by atoms with Crippen LogP contribution in [0.3, 0.4) is 0 Å². The number of carbonyl (C=O) groups excluding carboxylic acids is 2. The summed E-state index contributed by atoms with van der Waals surface area (Å²) in [5.74, 6) is 0.467. The lowest BCUT2D eigenvalue weighted by atomic mass is 9.93. The SMILES string of the molecule is CNCCC1CCN(C(=O)c2ccccc2NC(=O)c2cccc(C)c2)CC1.Cl. The molecule has 5 nitrogen and oxygen atoms in total. The molecule has 0 aliphatic carbocycles. The molecule has 1 aliphatic rings. The van der Waals surface area contributed by atoms with Crippen molar-refractivity contribution in [1.29, 1.82) is 0 Å². The monoisotopic (exact) mass is 415 g/mol. The summed E-state index contributed by atoms with van der Waals surface area (Å²) < 4.78 is 0. The van der Waals surface area contributed by atoms with Gasteiger partial charge in [0.2, 0.25) is 0 Å². The number of hydrogen-bond donors (Lipinski definition) is 2. The number of carbonyl (C=O) groups is 2. The first-order chi connectivity index (χ1) is 13.6. The summed E-state index contributed by atoms with van der Waals surface area (Å²) in [4.78, 5) is 27.6. The molecule has 0 saturated carbocycles. The molecule has 0 unspecified atom stereocenters. The van der Waals surface area contributed by atoms with Crippen molar-refractivity contribution in [3.8, 4) is 0 Å². The van der Waals surface area contributed by atoms with Crippen LogP contribution in [0.1, 0.15) is 45.5 Å². The highest BCUT2D eigenvalue weighted by Crippen LogP contribution is 2.24. The second-order valence-corrected chi connectivity index (χ2v) is 7.50. The second kappa shape index (κ2) is 11.0. The average Bonchev–Trinajstić information content (AvgIpc) is 2.72. The first-order valence-electron chi connectivity index (χ1n) is 9.99. The number of piperidine rings is 1. The van der Waals surface area contributed by atoms with Gasteiger partial charge in [0.25, 0.3) is 11.8 Å². The molecular formula is C23H30ClN3O2. The largest absolute Gasteiger partial charge is 0.339 e. The number of aryl methyl sites for hydroxylation is 1. The number of rotatable bonds is 6. The molecule has 0 bridgehead atoms. The molecule has 2 aromatic carbocycles. The molecule has 0 radical (unpaired) electrons. The van der Waals surface area contributed by atoms with Crippen LogP contribution in [0.4, 0.5) is 5.69 Å². The minimum Gasteiger partial charge on any atom is -0.339 e. The summed E-state index contributed by atoms with van der Waals surface area (Å²) >= 11 is 0. The summed E-state index contributed by atoms with van der Waals surface area (Å²) in [7, 11) is 1.97. The van der Waals surface area contributed by atoms with Crippen molar-refractivity contribution in [3.05, 3.63) is 65.2 Å². The molecular weight excluding hydrogens is 386 g/mol. The van der Waals surface area contributed by atoms with Crippen molar-refractivity contribution in [1.82, 2.24) is 10.2 Å². The molecule has 2 aromatic rings. The van der Waals surface area contributed by atoms with Crippen LogP contribution in [0.15, 0.2) is 48.5 Å². The van der Waals surface area contributed by atoms with Crippen LogP contribution in [0.2, 0.25) is 0 Å². The number of amides is 2. The van der Waals surface area contributed by atoms with Gasteiger partial charge >= 0.3 is 0 Å². The van der Waals surface area contributed by atoms with E-state index >= 15 is 0 Å². The molecule has 6 heteroatoms. The lowest BCUT2D eigenvalue weighted by molar-refractivity contribution is 0.0688. The van der Waals surface area contributed by atoms with Gasteiger partial charge in [-0.1, -0.05) is 29.8 Å². The molecule has 0 spiro atoms. The lowest BCUT2D eigenvalue weighted by Gasteiger charge is -2.32. The maximum atomic E-state index is 13.1. The summed E-state index contributed by atoms with van der Waals surface area (Å²) in [5.41, 5.74) is 2.74. The van der Waals surface area contributed by atoms with Gasteiger partial charge in [-0.15, -0.1) is 12.4 Å². The van der Waals surface area contributed by atoms with E-state index in [1.54, 1.807) is 18.2 Å². The third-order valence-corrected chi connectivity index (χ3v) is 5.39. The van der Waals surface area contributed by atoms with Gasteiger partial charge in [0.1, 0.15) is 0 Å². The van der Waals surface area contributed by atoms with Gasteiger partial charge in [-0.3, -0.25) is 9.59 Å². The molecule has 3 rings (SSSR count). The number of likely N-dealkylation sites (tertiary alicyclic amines) is 1. The summed E-state index contributed by atoms with van der Waals surface area (Å²) in [6, 6.07) is 14.7. The van der Waals surface area contributed by atoms with E-state index in [4.69, 9.17) is 0 Å². The van der Waals surface area contributed by atoms with Gasteiger partial charge in [-0.2, -0.15) is 0 Å². The fourth-order valence-electron chi connectivity index (χ4n) is 3.70. The fraction of sp³-hybridized carbons (Fsp3) is 0.391. The smallest absolute Gasteiger partial charge is 0.255 e. The molecule has 29 heavy (non-hydrogen) atoms. The van der Waals surface area contributed by atoms with Crippen molar-refractivity contribution in [2.45, 2.75) is 26.2 Å². The normalized spacial score (nSPS) is 14.2. The Hall–Kier alpha value is -2.37. The third kappa shape index (κ3) is 6.05. The van der Waals surface area contributed by atoms with Crippen LogP contribution >= 0.6 is 12.4 Å². The Labute approximate surface area is 179 Å². The van der Waals surface area contributed by atoms with Crippen LogP contribution in [-0.2, 0) is 0 Å². The minimum absolute atomic E-state index is 0. The van der Waals surface area contributed by atoms with Gasteiger partial charge < -0.3 is 15.5 Å². The van der Waals surface area contributed by atoms with E-state index in [9.17, 15) is 9.59 Å². The maximum absolute atomic E-state index is 13.1. The highest BCUT2D eigenvalue weighted by atomic mass is 35.5. The van der Waals surface area contributed by atoms with Crippen LogP contribution in [-0.4, -0.2) is 43.4 Å². The van der Waals surface area contributed by atoms with E-state index in [1.807, 2.05) is 49.2 Å². The number of nitrogens with zero attached hydrogens (tertiary/aromatic N) is 1. The van der Waals surface area contributed by atoms with E-state index in [2.05, 4.69) is 10.6 Å². The van der Waals surface area contributed by atoms with Crippen LogP contribution in [0.5, 0.6) is 0 Å². The first kappa shape index (κ1) is 22.9. The van der Waals surface area contributed by atoms with E-state index in [0.717, 1.165) is 44.5 Å². The van der Waals surface area contributed by atoms with Crippen molar-refractivity contribution in [2.75, 3.05) is 32.0 Å². The lowest BCUT2D eigenvalue weighted by Crippen LogP contribution is -2.39. The number of para-hydroxylation sites is 1. The Balaban J connectivity index is 0.00000300. The van der Waals surface area contributed by atoms with E-state index in [-0.39, 0.29) is 24.2 Å². The summed E-state index contributed by atoms with van der Waals surface area (Å²) in [5, 5.41) is 6.11. The predicted octanol–water partition coefficient (Wildman–Crippen LogP) is 4.13. The van der Waals surface area contributed by atoms with Crippen LogP contribution < -0.4 is 10.6 Å². The number of benzene rings is 2. The zero-order valence-corrected chi connectivity index (χ0v) is 17.9. The Bertz CT molecular complexity index is 832. The highest BCUT2D eigenvalue weighted by molar-refractivity contribution is 6.09. The number of halogens is 1. The molecule has 1 fully saturated rings. The van der Waals surface area contributed by atoms with Gasteiger partial charge in [-0.05, 0) is 70.0 Å². The van der Waals surface area contributed by atoms with Crippen LogP contribution in [0.25, 0.3) is 0 Å². The van der Waals surface area contributed by atoms with Crippen molar-refractivity contribution < 1.29 is 9.59 Å². The number of hydrogen-bond acceptors (Lipinski definition) is 3. The first-order valence-corrected chi connectivity index (χ1v) is 9.99. The van der Waals surface area contributed by atoms with E-state index in [0.29, 0.717) is 22.7 Å². The zero-order chi connectivity index (χ0) is 19.9. The summed E-state index contributed by atoms with van der Waals surface area (Å²) in [6.07, 6.45) is 3.22. The fourth-order valence-corrected chi connectivity index (χ4v) is 3.70. The molecule has 156 valence electrons. The third-order valence-electron chi connectivity index (χ3n) is 5.39. The van der Waals surface area contributed by atoms with Gasteiger partial charge in [-0.25, -0.2) is 0 Å². The van der Waals surface area contributed by atoms with Gasteiger partial charge in [0, 0.05) is 18.7 Å². The second-order valence-electron chi connectivity index (χ2n) is 7.50. The van der Waals surface area contributed by atoms with E-state index in [1.165, 1.54) is 0 Å². The molecule has 0 atom stereocenters. The number of nitrogens with one attached hydrogen (secondary N) is 2. The van der Waals surface area contributed by atoms with Gasteiger partial charge in [0.15, 0.2) is 0 Å². The van der Waals surface area contributed by atoms with E-state index < -0.39 is 0 Å². The maximum Gasteiger partial charge on any atom is 0.255 e. The quantitative estimate of drug-likeness (QED) is 0.745. The zero-order valence-electron chi connectivity index (χ0n) is 17.1. The highest BCUT2D eigenvalue weighted by Gasteiger charge is 2.25. The molecule has 1 heterocycles. The Morgan fingerprint density at radius 3 is 2.48 bits per heavy atom. The Kier molecular flexibility index (Phi) is 8.68. The van der Waals surface area contributed by atoms with Crippen molar-refractivity contribution >= 4 is 29.9 Å². The topological polar surface area (TPSA) is 61.4 Å². The minimum atomic E-state index is -0.199.